The molecule has 1 aromatic heterocycles. The number of aromatic nitrogens is 1. The Labute approximate surface area is 113 Å². The van der Waals surface area contributed by atoms with E-state index in [0.29, 0.717) is 5.92 Å². The molecule has 1 aliphatic rings. The number of H-pyrrole nitrogens is 1. The van der Waals surface area contributed by atoms with Gasteiger partial charge < -0.3 is 10.3 Å². The average Bonchev–Trinajstić information content (AvgIpc) is 3.04. The summed E-state index contributed by atoms with van der Waals surface area (Å²) in [6, 6.07) is 8.15. The number of nitriles is 1. The first-order chi connectivity index (χ1) is 9.33. The molecule has 98 valence electrons. The van der Waals surface area contributed by atoms with Crippen molar-refractivity contribution in [2.45, 2.75) is 25.2 Å². The second kappa shape index (κ2) is 5.07. The number of nitrogens with zero attached hydrogens (tertiary/aromatic N) is 1. The van der Waals surface area contributed by atoms with Crippen molar-refractivity contribution in [1.82, 2.24) is 10.3 Å². The van der Waals surface area contributed by atoms with Gasteiger partial charge in [0.25, 0.3) is 0 Å². The summed E-state index contributed by atoms with van der Waals surface area (Å²) in [7, 11) is 2.03. The van der Waals surface area contributed by atoms with E-state index in [1.165, 1.54) is 30.2 Å². The summed E-state index contributed by atoms with van der Waals surface area (Å²) < 4.78 is 0. The van der Waals surface area contributed by atoms with Gasteiger partial charge >= 0.3 is 0 Å². The van der Waals surface area contributed by atoms with Crippen LogP contribution in [0.4, 0.5) is 0 Å². The van der Waals surface area contributed by atoms with Gasteiger partial charge in [-0.05, 0) is 62.0 Å². The van der Waals surface area contributed by atoms with Crippen LogP contribution in [0.15, 0.2) is 24.4 Å². The fourth-order valence-electron chi connectivity index (χ4n) is 3.47. The Kier molecular flexibility index (Phi) is 3.27. The van der Waals surface area contributed by atoms with Crippen LogP contribution in [0.1, 0.15) is 36.3 Å². The zero-order chi connectivity index (χ0) is 13.2. The molecule has 0 aliphatic heterocycles. The average molecular weight is 253 g/mol. The summed E-state index contributed by atoms with van der Waals surface area (Å²) in [6.45, 7) is 1.08. The minimum atomic E-state index is 0.621. The van der Waals surface area contributed by atoms with Gasteiger partial charge in [-0.1, -0.05) is 6.42 Å². The topological polar surface area (TPSA) is 51.6 Å². The lowest BCUT2D eigenvalue weighted by Crippen LogP contribution is -2.20. The minimum Gasteiger partial charge on any atom is -0.361 e. The van der Waals surface area contributed by atoms with Crippen molar-refractivity contribution in [1.29, 1.82) is 5.26 Å². The van der Waals surface area contributed by atoms with E-state index in [0.717, 1.165) is 23.5 Å². The predicted octanol–water partition coefficient (Wildman–Crippen LogP) is 3.14. The molecule has 1 aliphatic carbocycles. The maximum atomic E-state index is 9.06. The van der Waals surface area contributed by atoms with E-state index in [1.807, 2.05) is 25.2 Å². The van der Waals surface area contributed by atoms with Crippen LogP contribution in [-0.4, -0.2) is 18.6 Å². The van der Waals surface area contributed by atoms with Crippen LogP contribution in [-0.2, 0) is 0 Å². The third kappa shape index (κ3) is 2.13. The van der Waals surface area contributed by atoms with E-state index in [4.69, 9.17) is 5.26 Å². The summed E-state index contributed by atoms with van der Waals surface area (Å²) in [4.78, 5) is 3.35. The van der Waals surface area contributed by atoms with Crippen molar-refractivity contribution in [3.05, 3.63) is 35.5 Å². The van der Waals surface area contributed by atoms with Crippen molar-refractivity contribution in [2.24, 2.45) is 5.92 Å². The standard InChI is InChI=1S/C16H19N3/c1-18-9-12-3-2-4-13(12)15-10-19-16-6-5-11(8-17)7-14(15)16/h5-7,10,12-13,18-19H,2-4,9H2,1H3/t12-,13+/m1/s1. The summed E-state index contributed by atoms with van der Waals surface area (Å²) in [6.07, 6.45) is 6.01. The molecule has 3 nitrogen and oxygen atoms in total. The van der Waals surface area contributed by atoms with E-state index in [-0.39, 0.29) is 0 Å². The molecule has 3 heteroatoms. The van der Waals surface area contributed by atoms with E-state index < -0.39 is 0 Å². The number of benzene rings is 1. The Morgan fingerprint density at radius 3 is 3.11 bits per heavy atom. The number of hydrogen-bond acceptors (Lipinski definition) is 2. The van der Waals surface area contributed by atoms with Gasteiger partial charge in [-0.25, -0.2) is 0 Å². The molecule has 0 bridgehead atoms. The summed E-state index contributed by atoms with van der Waals surface area (Å²) in [5.41, 5.74) is 3.28. The first-order valence-corrected chi connectivity index (χ1v) is 6.99. The lowest BCUT2D eigenvalue weighted by Gasteiger charge is -2.18. The monoisotopic (exact) mass is 253 g/mol. The maximum Gasteiger partial charge on any atom is 0.0991 e. The van der Waals surface area contributed by atoms with E-state index in [9.17, 15) is 0 Å². The highest BCUT2D eigenvalue weighted by Crippen LogP contribution is 2.42. The quantitative estimate of drug-likeness (QED) is 0.883. The molecule has 1 aromatic carbocycles. The Bertz CT molecular complexity index is 620. The molecule has 1 fully saturated rings. The molecule has 2 N–H and O–H groups in total. The van der Waals surface area contributed by atoms with Gasteiger partial charge in [-0.15, -0.1) is 0 Å². The van der Waals surface area contributed by atoms with Crippen molar-refractivity contribution in [2.75, 3.05) is 13.6 Å². The third-order valence-corrected chi connectivity index (χ3v) is 4.37. The normalized spacial score (nSPS) is 22.7. The summed E-state index contributed by atoms with van der Waals surface area (Å²) in [5.74, 6) is 1.34. The van der Waals surface area contributed by atoms with Crippen molar-refractivity contribution in [3.63, 3.8) is 0 Å². The zero-order valence-corrected chi connectivity index (χ0v) is 11.2. The molecule has 0 saturated heterocycles. The Morgan fingerprint density at radius 2 is 2.32 bits per heavy atom. The van der Waals surface area contributed by atoms with Gasteiger partial charge in [-0.3, -0.25) is 0 Å². The number of aromatic amines is 1. The largest absolute Gasteiger partial charge is 0.361 e. The number of hydrogen-bond donors (Lipinski definition) is 2. The highest BCUT2D eigenvalue weighted by Gasteiger charge is 2.29. The predicted molar refractivity (Wildman–Crippen MR) is 77.0 cm³/mol. The third-order valence-electron chi connectivity index (χ3n) is 4.37. The van der Waals surface area contributed by atoms with Crippen LogP contribution in [0, 0.1) is 17.2 Å². The molecule has 19 heavy (non-hydrogen) atoms. The van der Waals surface area contributed by atoms with Gasteiger partial charge in [0.15, 0.2) is 0 Å². The van der Waals surface area contributed by atoms with Crippen molar-refractivity contribution < 1.29 is 0 Å². The lowest BCUT2D eigenvalue weighted by molar-refractivity contribution is 0.464. The maximum absolute atomic E-state index is 9.06. The molecular formula is C16H19N3. The molecule has 0 spiro atoms. The number of rotatable bonds is 3. The first-order valence-electron chi connectivity index (χ1n) is 6.99. The lowest BCUT2D eigenvalue weighted by atomic mass is 9.88. The molecule has 1 saturated carbocycles. The molecule has 0 amide bonds. The van der Waals surface area contributed by atoms with Gasteiger partial charge in [0.05, 0.1) is 11.6 Å². The van der Waals surface area contributed by atoms with Crippen LogP contribution >= 0.6 is 0 Å². The second-order valence-corrected chi connectivity index (χ2v) is 5.47. The molecule has 2 atom stereocenters. The highest BCUT2D eigenvalue weighted by atomic mass is 14.8. The minimum absolute atomic E-state index is 0.621. The second-order valence-electron chi connectivity index (χ2n) is 5.47. The molecule has 2 aromatic rings. The molecule has 3 rings (SSSR count). The summed E-state index contributed by atoms with van der Waals surface area (Å²) in [5, 5.41) is 13.6. The van der Waals surface area contributed by atoms with Crippen molar-refractivity contribution in [3.8, 4) is 6.07 Å². The smallest absolute Gasteiger partial charge is 0.0991 e. The fourth-order valence-corrected chi connectivity index (χ4v) is 3.47. The first kappa shape index (κ1) is 12.3. The van der Waals surface area contributed by atoms with Gasteiger partial charge in [0.2, 0.25) is 0 Å². The van der Waals surface area contributed by atoms with E-state index >= 15 is 0 Å². The SMILES string of the molecule is CNC[C@H]1CCC[C@@H]1c1c[nH]c2ccc(C#N)cc12. The molecular weight excluding hydrogens is 234 g/mol. The van der Waals surface area contributed by atoms with E-state index in [2.05, 4.69) is 22.6 Å². The van der Waals surface area contributed by atoms with E-state index in [1.54, 1.807) is 0 Å². The van der Waals surface area contributed by atoms with Crippen LogP contribution in [0.3, 0.4) is 0 Å². The number of nitrogens with one attached hydrogen (secondary N) is 2. The van der Waals surface area contributed by atoms with Gasteiger partial charge in [0, 0.05) is 17.1 Å². The fraction of sp³-hybridized carbons (Fsp3) is 0.438. The van der Waals surface area contributed by atoms with Crippen LogP contribution in [0.5, 0.6) is 0 Å². The van der Waals surface area contributed by atoms with Crippen molar-refractivity contribution >= 4 is 10.9 Å². The Morgan fingerprint density at radius 1 is 1.42 bits per heavy atom. The Hall–Kier alpha value is -1.79. The van der Waals surface area contributed by atoms with Crippen LogP contribution in [0.25, 0.3) is 10.9 Å². The molecule has 1 heterocycles. The Balaban J connectivity index is 2.02. The van der Waals surface area contributed by atoms with Crippen LogP contribution in [0.2, 0.25) is 0 Å². The van der Waals surface area contributed by atoms with Crippen LogP contribution < -0.4 is 5.32 Å². The zero-order valence-electron chi connectivity index (χ0n) is 11.2. The van der Waals surface area contributed by atoms with Gasteiger partial charge in [0.1, 0.15) is 0 Å². The number of fused-ring (bicyclic) bond motifs is 1. The molecule has 0 unspecified atom stereocenters. The summed E-state index contributed by atoms with van der Waals surface area (Å²) >= 11 is 0. The highest BCUT2D eigenvalue weighted by molar-refractivity contribution is 5.85. The van der Waals surface area contributed by atoms with Gasteiger partial charge in [-0.2, -0.15) is 5.26 Å². The molecule has 0 radical (unpaired) electrons.